The molecule has 2 aromatic carbocycles. The second-order valence-electron chi connectivity index (χ2n) is 5.63. The molecule has 0 radical (unpaired) electrons. The zero-order valence-electron chi connectivity index (χ0n) is 13.9. The molecule has 9 heteroatoms. The summed E-state index contributed by atoms with van der Waals surface area (Å²) in [4.78, 5) is 36.5. The lowest BCUT2D eigenvalue weighted by atomic mass is 10.1. The maximum absolute atomic E-state index is 12.4. The molecule has 1 heterocycles. The van der Waals surface area contributed by atoms with E-state index in [1.54, 1.807) is 0 Å². The molecule has 0 fully saturated rings. The summed E-state index contributed by atoms with van der Waals surface area (Å²) in [7, 11) is 0. The van der Waals surface area contributed by atoms with Gasteiger partial charge in [-0.15, -0.1) is 11.8 Å². The van der Waals surface area contributed by atoms with E-state index < -0.39 is 10.8 Å². The van der Waals surface area contributed by atoms with Gasteiger partial charge in [0.05, 0.1) is 16.4 Å². The Balaban J connectivity index is 1.77. The first kappa shape index (κ1) is 18.9. The molecule has 2 aromatic rings. The van der Waals surface area contributed by atoms with Crippen molar-refractivity contribution in [2.45, 2.75) is 0 Å². The molecule has 1 aliphatic rings. The summed E-state index contributed by atoms with van der Waals surface area (Å²) in [5.74, 6) is -0.400. The summed E-state index contributed by atoms with van der Waals surface area (Å²) in [6.07, 6.45) is 0. The smallest absolute Gasteiger partial charge is 0.289 e. The number of nitro benzene ring substituents is 1. The minimum Gasteiger partial charge on any atom is -0.324 e. The SMILES string of the molecule is O=C(CN1C(=O)CSC=C1c1ccccc1)Nc1ccc(Cl)c([N+](=O)[O-])c1. The van der Waals surface area contributed by atoms with Crippen molar-refractivity contribution in [2.75, 3.05) is 17.6 Å². The number of benzene rings is 2. The number of nitrogens with zero attached hydrogens (tertiary/aromatic N) is 2. The summed E-state index contributed by atoms with van der Waals surface area (Å²) in [5, 5.41) is 15.4. The van der Waals surface area contributed by atoms with Crippen LogP contribution >= 0.6 is 23.4 Å². The summed E-state index contributed by atoms with van der Waals surface area (Å²) >= 11 is 7.15. The minimum absolute atomic E-state index is 0.0180. The van der Waals surface area contributed by atoms with Gasteiger partial charge in [0.1, 0.15) is 11.6 Å². The molecule has 0 saturated heterocycles. The molecule has 1 aliphatic heterocycles. The molecule has 0 saturated carbocycles. The molecule has 0 aromatic heterocycles. The van der Waals surface area contributed by atoms with Crippen molar-refractivity contribution in [1.29, 1.82) is 0 Å². The van der Waals surface area contributed by atoms with Gasteiger partial charge in [-0.3, -0.25) is 19.7 Å². The van der Waals surface area contributed by atoms with Crippen LogP contribution in [-0.2, 0) is 9.59 Å². The van der Waals surface area contributed by atoms with Crippen molar-refractivity contribution in [3.8, 4) is 0 Å². The molecule has 0 atom stereocenters. The molecule has 0 spiro atoms. The lowest BCUT2D eigenvalue weighted by Crippen LogP contribution is -2.39. The van der Waals surface area contributed by atoms with Gasteiger partial charge in [0.2, 0.25) is 11.8 Å². The molecule has 27 heavy (non-hydrogen) atoms. The Morgan fingerprint density at radius 1 is 1.26 bits per heavy atom. The predicted octanol–water partition coefficient (Wildman–Crippen LogP) is 3.76. The van der Waals surface area contributed by atoms with Crippen LogP contribution in [0.5, 0.6) is 0 Å². The van der Waals surface area contributed by atoms with E-state index in [9.17, 15) is 19.7 Å². The topological polar surface area (TPSA) is 92.6 Å². The fourth-order valence-corrected chi connectivity index (χ4v) is 3.54. The van der Waals surface area contributed by atoms with Crippen molar-refractivity contribution in [3.05, 3.63) is 74.6 Å². The van der Waals surface area contributed by atoms with Crippen LogP contribution in [0.4, 0.5) is 11.4 Å². The third-order valence-corrected chi connectivity index (χ3v) is 4.91. The van der Waals surface area contributed by atoms with E-state index in [2.05, 4.69) is 5.32 Å². The van der Waals surface area contributed by atoms with Crippen molar-refractivity contribution in [3.63, 3.8) is 0 Å². The Hall–Kier alpha value is -2.84. The van der Waals surface area contributed by atoms with Crippen LogP contribution in [0, 0.1) is 10.1 Å². The molecule has 0 bridgehead atoms. The largest absolute Gasteiger partial charge is 0.324 e. The first-order chi connectivity index (χ1) is 13.0. The number of halogens is 1. The molecule has 1 N–H and O–H groups in total. The van der Waals surface area contributed by atoms with Crippen molar-refractivity contribution >= 4 is 52.2 Å². The van der Waals surface area contributed by atoms with Crippen LogP contribution in [0.25, 0.3) is 5.70 Å². The molecule has 138 valence electrons. The molecular formula is C18H14ClN3O4S. The van der Waals surface area contributed by atoms with Crippen LogP contribution in [0.15, 0.2) is 53.9 Å². The van der Waals surface area contributed by atoms with Crippen LogP contribution in [0.2, 0.25) is 5.02 Å². The Kier molecular flexibility index (Phi) is 5.78. The molecule has 2 amide bonds. The average Bonchev–Trinajstić information content (AvgIpc) is 2.65. The standard InChI is InChI=1S/C18H14ClN3O4S/c19-14-7-6-13(8-15(14)22(25)26)20-17(23)9-21-16(10-27-11-18(21)24)12-4-2-1-3-5-12/h1-8,10H,9,11H2,(H,20,23). The van der Waals surface area contributed by atoms with E-state index in [4.69, 9.17) is 11.6 Å². The van der Waals surface area contributed by atoms with E-state index in [1.165, 1.54) is 34.9 Å². The summed E-state index contributed by atoms with van der Waals surface area (Å²) < 4.78 is 0. The monoisotopic (exact) mass is 403 g/mol. The second-order valence-corrected chi connectivity index (χ2v) is 6.90. The zero-order valence-corrected chi connectivity index (χ0v) is 15.5. The Morgan fingerprint density at radius 2 is 2.00 bits per heavy atom. The number of thioether (sulfide) groups is 1. The summed E-state index contributed by atoms with van der Waals surface area (Å²) in [6.45, 7) is -0.198. The number of nitrogens with one attached hydrogen (secondary N) is 1. The van der Waals surface area contributed by atoms with Crippen LogP contribution < -0.4 is 5.32 Å². The highest BCUT2D eigenvalue weighted by Gasteiger charge is 2.25. The van der Waals surface area contributed by atoms with E-state index in [1.807, 2.05) is 35.7 Å². The van der Waals surface area contributed by atoms with Gasteiger partial charge in [-0.1, -0.05) is 41.9 Å². The van der Waals surface area contributed by atoms with Crippen LogP contribution in [0.3, 0.4) is 0 Å². The number of amides is 2. The Bertz CT molecular complexity index is 933. The van der Waals surface area contributed by atoms with Gasteiger partial charge < -0.3 is 10.2 Å². The Morgan fingerprint density at radius 3 is 2.70 bits per heavy atom. The molecule has 7 nitrogen and oxygen atoms in total. The van der Waals surface area contributed by atoms with E-state index in [-0.39, 0.29) is 34.6 Å². The highest BCUT2D eigenvalue weighted by atomic mass is 35.5. The van der Waals surface area contributed by atoms with Crippen LogP contribution in [-0.4, -0.2) is 33.9 Å². The number of carbonyl (C=O) groups excluding carboxylic acids is 2. The fraction of sp³-hybridized carbons (Fsp3) is 0.111. The fourth-order valence-electron chi connectivity index (χ4n) is 2.55. The van der Waals surface area contributed by atoms with Gasteiger partial charge in [0.25, 0.3) is 5.69 Å². The number of rotatable bonds is 5. The minimum atomic E-state index is -0.625. The van der Waals surface area contributed by atoms with Gasteiger partial charge in [0.15, 0.2) is 0 Å². The normalized spacial score (nSPS) is 13.9. The second kappa shape index (κ2) is 8.24. The third-order valence-electron chi connectivity index (χ3n) is 3.79. The first-order valence-electron chi connectivity index (χ1n) is 7.87. The van der Waals surface area contributed by atoms with Crippen LogP contribution in [0.1, 0.15) is 5.56 Å². The number of hydrogen-bond donors (Lipinski definition) is 1. The van der Waals surface area contributed by atoms with E-state index >= 15 is 0 Å². The van der Waals surface area contributed by atoms with Crippen molar-refractivity contribution in [2.24, 2.45) is 0 Å². The van der Waals surface area contributed by atoms with E-state index in [0.29, 0.717) is 5.70 Å². The maximum atomic E-state index is 12.4. The highest BCUT2D eigenvalue weighted by Crippen LogP contribution is 2.29. The van der Waals surface area contributed by atoms with Crippen molar-refractivity contribution in [1.82, 2.24) is 4.90 Å². The molecule has 0 unspecified atom stereocenters. The lowest BCUT2D eigenvalue weighted by molar-refractivity contribution is -0.384. The van der Waals surface area contributed by atoms with Gasteiger partial charge >= 0.3 is 0 Å². The number of carbonyl (C=O) groups is 2. The van der Waals surface area contributed by atoms with Gasteiger partial charge in [-0.2, -0.15) is 0 Å². The van der Waals surface area contributed by atoms with Gasteiger partial charge in [0, 0.05) is 11.8 Å². The zero-order chi connectivity index (χ0) is 19.4. The third kappa shape index (κ3) is 4.47. The average molecular weight is 404 g/mol. The summed E-state index contributed by atoms with van der Waals surface area (Å²) in [6, 6.07) is 13.3. The van der Waals surface area contributed by atoms with E-state index in [0.717, 1.165) is 5.56 Å². The van der Waals surface area contributed by atoms with Gasteiger partial charge in [-0.25, -0.2) is 0 Å². The molecule has 3 rings (SSSR count). The number of hydrogen-bond acceptors (Lipinski definition) is 5. The number of nitro groups is 1. The Labute approximate surface area is 164 Å². The quantitative estimate of drug-likeness (QED) is 0.606. The maximum Gasteiger partial charge on any atom is 0.289 e. The number of anilines is 1. The predicted molar refractivity (Wildman–Crippen MR) is 105 cm³/mol. The molecular weight excluding hydrogens is 390 g/mol. The highest BCUT2D eigenvalue weighted by molar-refractivity contribution is 8.03. The van der Waals surface area contributed by atoms with Crippen molar-refractivity contribution < 1.29 is 14.5 Å². The van der Waals surface area contributed by atoms with Gasteiger partial charge in [-0.05, 0) is 23.1 Å². The lowest BCUT2D eigenvalue weighted by Gasteiger charge is -2.28. The summed E-state index contributed by atoms with van der Waals surface area (Å²) in [5.41, 5.74) is 1.41. The first-order valence-corrected chi connectivity index (χ1v) is 9.30. The molecule has 0 aliphatic carbocycles.